The second kappa shape index (κ2) is 9.05. The summed E-state index contributed by atoms with van der Waals surface area (Å²) in [4.78, 5) is 20.3. The van der Waals surface area contributed by atoms with Crippen LogP contribution in [0, 0.1) is 18.3 Å². The van der Waals surface area contributed by atoms with Crippen LogP contribution in [0.4, 0.5) is 0 Å². The highest BCUT2D eigenvalue weighted by Gasteiger charge is 2.42. The molecular formula is C31H34ClN3O. The highest BCUT2D eigenvalue weighted by Crippen LogP contribution is 2.48. The van der Waals surface area contributed by atoms with Crippen molar-refractivity contribution in [3.05, 3.63) is 68.7 Å². The third-order valence-corrected chi connectivity index (χ3v) is 9.39. The number of fused-ring (bicyclic) bond motifs is 5. The summed E-state index contributed by atoms with van der Waals surface area (Å²) in [5, 5.41) is 0.964. The van der Waals surface area contributed by atoms with Gasteiger partial charge in [0, 0.05) is 12.5 Å². The average Bonchev–Trinajstić information content (AvgIpc) is 3.12. The fraction of sp³-hybridized carbons (Fsp3) is 0.484. The second-order valence-corrected chi connectivity index (χ2v) is 11.9. The molecule has 1 aromatic heterocycles. The Hall–Kier alpha value is -2.61. The summed E-state index contributed by atoms with van der Waals surface area (Å²) in [5.74, 6) is 4.92. The standard InChI is InChI=1S/C31H34ClN3O/c1-4-7-20-12-14-22(15-13-20)34-18-16-21(17-19-34)23-8-5-11-26-28(23)31(2,3)30-33-29(36)27-24(32)9-6-10-25(27)35(26)30/h1,5-6,8-11,20-22H,7,12-19H2,2-3H3. The fourth-order valence-corrected chi connectivity index (χ4v) is 7.47. The lowest BCUT2D eigenvalue weighted by Gasteiger charge is -2.41. The van der Waals surface area contributed by atoms with Crippen LogP contribution in [0.15, 0.2) is 41.2 Å². The van der Waals surface area contributed by atoms with E-state index in [0.717, 1.165) is 42.5 Å². The molecule has 4 nitrogen and oxygen atoms in total. The molecule has 2 aliphatic heterocycles. The molecule has 1 saturated carbocycles. The zero-order valence-corrected chi connectivity index (χ0v) is 22.0. The Labute approximate surface area is 218 Å². The van der Waals surface area contributed by atoms with Gasteiger partial charge in [-0.2, -0.15) is 4.98 Å². The Kier molecular flexibility index (Phi) is 5.97. The van der Waals surface area contributed by atoms with Gasteiger partial charge in [-0.25, -0.2) is 0 Å². The fourth-order valence-electron chi connectivity index (χ4n) is 7.22. The van der Waals surface area contributed by atoms with Gasteiger partial charge in [0.15, 0.2) is 0 Å². The molecule has 2 aromatic carbocycles. The van der Waals surface area contributed by atoms with Crippen LogP contribution in [0.2, 0.25) is 5.02 Å². The van der Waals surface area contributed by atoms with Crippen LogP contribution >= 0.6 is 11.6 Å². The molecule has 186 valence electrons. The molecule has 0 amide bonds. The van der Waals surface area contributed by atoms with Crippen molar-refractivity contribution in [3.8, 4) is 18.0 Å². The van der Waals surface area contributed by atoms with E-state index in [4.69, 9.17) is 18.0 Å². The third-order valence-electron chi connectivity index (χ3n) is 9.07. The van der Waals surface area contributed by atoms with Crippen LogP contribution in [-0.2, 0) is 5.41 Å². The van der Waals surface area contributed by atoms with Gasteiger partial charge in [0.1, 0.15) is 5.82 Å². The Morgan fingerprint density at radius 1 is 1.06 bits per heavy atom. The minimum Gasteiger partial charge on any atom is -0.300 e. The SMILES string of the molecule is C#CCC1CCC(N2CCC(c3cccc4c3C(C)(C)c3nc(=O)c5c(Cl)cccc5n3-4)CC2)CC1. The van der Waals surface area contributed by atoms with E-state index >= 15 is 0 Å². The molecule has 1 aliphatic carbocycles. The summed E-state index contributed by atoms with van der Waals surface area (Å²) in [6, 6.07) is 13.1. The van der Waals surface area contributed by atoms with Crippen molar-refractivity contribution in [2.75, 3.05) is 13.1 Å². The predicted octanol–water partition coefficient (Wildman–Crippen LogP) is 6.44. The summed E-state index contributed by atoms with van der Waals surface area (Å²) in [6.45, 7) is 6.73. The van der Waals surface area contributed by atoms with E-state index < -0.39 is 0 Å². The number of aromatic nitrogens is 2. The van der Waals surface area contributed by atoms with E-state index in [1.54, 1.807) is 6.07 Å². The van der Waals surface area contributed by atoms with E-state index in [1.165, 1.54) is 49.7 Å². The quantitative estimate of drug-likeness (QED) is 0.389. The molecule has 0 radical (unpaired) electrons. The molecule has 0 unspecified atom stereocenters. The molecule has 6 rings (SSSR count). The number of hydrogen-bond acceptors (Lipinski definition) is 3. The molecule has 1 saturated heterocycles. The van der Waals surface area contributed by atoms with E-state index in [-0.39, 0.29) is 11.0 Å². The zero-order chi connectivity index (χ0) is 25.0. The van der Waals surface area contributed by atoms with Gasteiger partial charge in [-0.05, 0) is 107 Å². The van der Waals surface area contributed by atoms with Gasteiger partial charge >= 0.3 is 0 Å². The maximum atomic E-state index is 13.0. The number of rotatable bonds is 3. The van der Waals surface area contributed by atoms with Crippen LogP contribution in [-0.4, -0.2) is 33.6 Å². The van der Waals surface area contributed by atoms with E-state index in [9.17, 15) is 4.79 Å². The molecule has 2 fully saturated rings. The molecule has 3 aromatic rings. The summed E-state index contributed by atoms with van der Waals surface area (Å²) in [5.41, 5.74) is 4.13. The summed E-state index contributed by atoms with van der Waals surface area (Å²) < 4.78 is 2.17. The lowest BCUT2D eigenvalue weighted by Crippen LogP contribution is -2.43. The second-order valence-electron chi connectivity index (χ2n) is 11.5. The van der Waals surface area contributed by atoms with Gasteiger partial charge in [-0.3, -0.25) is 9.36 Å². The first-order valence-electron chi connectivity index (χ1n) is 13.4. The number of nitrogens with zero attached hydrogens (tertiary/aromatic N) is 3. The van der Waals surface area contributed by atoms with Gasteiger partial charge in [0.05, 0.1) is 27.0 Å². The average molecular weight is 500 g/mol. The molecule has 5 heteroatoms. The van der Waals surface area contributed by atoms with E-state index in [2.05, 4.69) is 52.4 Å². The van der Waals surface area contributed by atoms with Gasteiger partial charge in [-0.15, -0.1) is 12.3 Å². The Bertz CT molecular complexity index is 1420. The smallest absolute Gasteiger partial charge is 0.282 e. The third kappa shape index (κ3) is 3.71. The van der Waals surface area contributed by atoms with Crippen molar-refractivity contribution >= 4 is 22.5 Å². The van der Waals surface area contributed by atoms with Gasteiger partial charge in [0.25, 0.3) is 5.56 Å². The van der Waals surface area contributed by atoms with Crippen molar-refractivity contribution in [2.45, 2.75) is 76.2 Å². The number of terminal acetylenes is 1. The monoisotopic (exact) mass is 499 g/mol. The Balaban J connectivity index is 1.30. The van der Waals surface area contributed by atoms with E-state index in [1.807, 2.05) is 12.1 Å². The first-order valence-corrected chi connectivity index (χ1v) is 13.8. The lowest BCUT2D eigenvalue weighted by molar-refractivity contribution is 0.108. The van der Waals surface area contributed by atoms with Crippen LogP contribution in [0.25, 0.3) is 16.6 Å². The molecular weight excluding hydrogens is 466 g/mol. The first-order chi connectivity index (χ1) is 17.4. The molecule has 3 heterocycles. The van der Waals surface area contributed by atoms with Gasteiger partial charge in [0.2, 0.25) is 0 Å². The molecule has 0 bridgehead atoms. The van der Waals surface area contributed by atoms with Crippen molar-refractivity contribution in [1.82, 2.24) is 14.5 Å². The van der Waals surface area contributed by atoms with Crippen molar-refractivity contribution in [3.63, 3.8) is 0 Å². The summed E-state index contributed by atoms with van der Waals surface area (Å²) in [7, 11) is 0. The molecule has 0 atom stereocenters. The van der Waals surface area contributed by atoms with Crippen molar-refractivity contribution in [1.29, 1.82) is 0 Å². The van der Waals surface area contributed by atoms with Crippen molar-refractivity contribution < 1.29 is 0 Å². The summed E-state index contributed by atoms with van der Waals surface area (Å²) in [6.07, 6.45) is 14.0. The van der Waals surface area contributed by atoms with Crippen LogP contribution in [0.5, 0.6) is 0 Å². The van der Waals surface area contributed by atoms with Gasteiger partial charge < -0.3 is 4.90 Å². The molecule has 0 N–H and O–H groups in total. The van der Waals surface area contributed by atoms with Crippen LogP contribution < -0.4 is 5.56 Å². The summed E-state index contributed by atoms with van der Waals surface area (Å²) >= 11 is 6.45. The topological polar surface area (TPSA) is 38.1 Å². The normalized spacial score (nSPS) is 23.8. The van der Waals surface area contributed by atoms with Crippen molar-refractivity contribution in [2.24, 2.45) is 5.92 Å². The molecule has 0 spiro atoms. The minimum atomic E-state index is -0.353. The predicted molar refractivity (Wildman–Crippen MR) is 147 cm³/mol. The number of benzene rings is 2. The number of piperidine rings is 1. The molecule has 3 aliphatic rings. The zero-order valence-electron chi connectivity index (χ0n) is 21.3. The highest BCUT2D eigenvalue weighted by atomic mass is 35.5. The lowest BCUT2D eigenvalue weighted by atomic mass is 9.76. The highest BCUT2D eigenvalue weighted by molar-refractivity contribution is 6.35. The molecule has 36 heavy (non-hydrogen) atoms. The van der Waals surface area contributed by atoms with Crippen LogP contribution in [0.3, 0.4) is 0 Å². The van der Waals surface area contributed by atoms with E-state index in [0.29, 0.717) is 22.4 Å². The Morgan fingerprint density at radius 2 is 1.78 bits per heavy atom. The maximum absolute atomic E-state index is 13.0. The number of hydrogen-bond donors (Lipinski definition) is 0. The van der Waals surface area contributed by atoms with Crippen LogP contribution in [0.1, 0.15) is 81.7 Å². The number of likely N-dealkylation sites (tertiary alicyclic amines) is 1. The largest absolute Gasteiger partial charge is 0.300 e. The van der Waals surface area contributed by atoms with Gasteiger partial charge in [-0.1, -0.05) is 29.8 Å². The first kappa shape index (κ1) is 23.8. The Morgan fingerprint density at radius 3 is 2.50 bits per heavy atom. The maximum Gasteiger partial charge on any atom is 0.282 e. The minimum absolute atomic E-state index is 0.241. The number of halogens is 1.